The summed E-state index contributed by atoms with van der Waals surface area (Å²) in [5.41, 5.74) is 2.36. The standard InChI is InChI=1S/C26H23N3O5/c1-3-24(30)28(25-22(26(31)34-4-2)10-7-11-23(25)29(32)33)17-18-12-14-19(15-13-18)21-9-6-5-8-20(21)16-27/h5-15H,3-4,17H2,1-2H3. The number of nitriles is 1. The van der Waals surface area contributed by atoms with Crippen LogP contribution < -0.4 is 4.90 Å². The molecule has 8 heteroatoms. The van der Waals surface area contributed by atoms with Gasteiger partial charge in [-0.05, 0) is 35.7 Å². The first-order valence-corrected chi connectivity index (χ1v) is 10.7. The van der Waals surface area contributed by atoms with Crippen molar-refractivity contribution in [2.75, 3.05) is 11.5 Å². The summed E-state index contributed by atoms with van der Waals surface area (Å²) in [6.45, 7) is 3.39. The molecular weight excluding hydrogens is 434 g/mol. The first-order chi connectivity index (χ1) is 16.4. The largest absolute Gasteiger partial charge is 0.462 e. The van der Waals surface area contributed by atoms with Gasteiger partial charge >= 0.3 is 5.97 Å². The zero-order valence-corrected chi connectivity index (χ0v) is 18.9. The fraction of sp³-hybridized carbons (Fsp3) is 0.192. The number of rotatable bonds is 8. The number of nitrogens with zero attached hydrogens (tertiary/aromatic N) is 3. The van der Waals surface area contributed by atoms with Gasteiger partial charge in [-0.3, -0.25) is 14.9 Å². The Kier molecular flexibility index (Phi) is 7.72. The van der Waals surface area contributed by atoms with Crippen LogP contribution in [0.2, 0.25) is 0 Å². The van der Waals surface area contributed by atoms with Crippen LogP contribution in [0.15, 0.2) is 66.7 Å². The molecule has 0 aliphatic heterocycles. The third-order valence-electron chi connectivity index (χ3n) is 5.23. The molecule has 0 radical (unpaired) electrons. The Balaban J connectivity index is 2.05. The number of hydrogen-bond donors (Lipinski definition) is 0. The van der Waals surface area contributed by atoms with Crippen molar-refractivity contribution in [2.24, 2.45) is 0 Å². The minimum Gasteiger partial charge on any atom is -0.462 e. The van der Waals surface area contributed by atoms with Crippen LogP contribution in [0, 0.1) is 21.4 Å². The molecule has 3 rings (SSSR count). The summed E-state index contributed by atoms with van der Waals surface area (Å²) < 4.78 is 5.08. The first kappa shape index (κ1) is 24.1. The fourth-order valence-electron chi connectivity index (χ4n) is 3.62. The van der Waals surface area contributed by atoms with Gasteiger partial charge in [0.2, 0.25) is 5.91 Å². The number of nitro groups is 1. The van der Waals surface area contributed by atoms with Gasteiger partial charge in [-0.15, -0.1) is 0 Å². The molecule has 8 nitrogen and oxygen atoms in total. The van der Waals surface area contributed by atoms with Gasteiger partial charge < -0.3 is 9.64 Å². The minimum atomic E-state index is -0.737. The van der Waals surface area contributed by atoms with Gasteiger partial charge in [0.15, 0.2) is 0 Å². The van der Waals surface area contributed by atoms with E-state index in [1.807, 2.05) is 24.3 Å². The third kappa shape index (κ3) is 5.10. The summed E-state index contributed by atoms with van der Waals surface area (Å²) in [6, 6.07) is 20.7. The van der Waals surface area contributed by atoms with Crippen LogP contribution >= 0.6 is 0 Å². The lowest BCUT2D eigenvalue weighted by atomic mass is 9.99. The molecule has 0 saturated carbocycles. The van der Waals surface area contributed by atoms with E-state index >= 15 is 0 Å². The van der Waals surface area contributed by atoms with Gasteiger partial charge in [0.1, 0.15) is 5.69 Å². The van der Waals surface area contributed by atoms with Crippen molar-refractivity contribution >= 4 is 23.3 Å². The van der Waals surface area contributed by atoms with E-state index in [1.54, 1.807) is 38.1 Å². The number of carbonyl (C=O) groups excluding carboxylic acids is 2. The van der Waals surface area contributed by atoms with Crippen molar-refractivity contribution in [3.63, 3.8) is 0 Å². The molecule has 3 aromatic carbocycles. The third-order valence-corrected chi connectivity index (χ3v) is 5.23. The molecule has 1 amide bonds. The Labute approximate surface area is 197 Å². The molecule has 0 bridgehead atoms. The van der Waals surface area contributed by atoms with Crippen molar-refractivity contribution in [2.45, 2.75) is 26.8 Å². The Morgan fingerprint density at radius 2 is 1.74 bits per heavy atom. The predicted octanol–water partition coefficient (Wildman–Crippen LogP) is 5.25. The summed E-state index contributed by atoms with van der Waals surface area (Å²) >= 11 is 0. The van der Waals surface area contributed by atoms with Gasteiger partial charge in [-0.25, -0.2) is 4.79 Å². The molecule has 0 spiro atoms. The fourth-order valence-corrected chi connectivity index (χ4v) is 3.62. The molecule has 0 saturated heterocycles. The summed E-state index contributed by atoms with van der Waals surface area (Å²) in [6.07, 6.45) is 0.0853. The number of ether oxygens (including phenoxy) is 1. The van der Waals surface area contributed by atoms with Gasteiger partial charge in [-0.1, -0.05) is 55.5 Å². The van der Waals surface area contributed by atoms with Crippen molar-refractivity contribution in [1.29, 1.82) is 5.26 Å². The molecule has 0 fully saturated rings. The number of carbonyl (C=O) groups is 2. The zero-order valence-electron chi connectivity index (χ0n) is 18.9. The van der Waals surface area contributed by atoms with E-state index in [0.29, 0.717) is 11.1 Å². The van der Waals surface area contributed by atoms with Crippen molar-refractivity contribution in [3.8, 4) is 17.2 Å². The van der Waals surface area contributed by atoms with Crippen LogP contribution in [0.25, 0.3) is 11.1 Å². The second-order valence-corrected chi connectivity index (χ2v) is 7.34. The Morgan fingerprint density at radius 3 is 2.35 bits per heavy atom. The predicted molar refractivity (Wildman–Crippen MR) is 127 cm³/mol. The monoisotopic (exact) mass is 457 g/mol. The highest BCUT2D eigenvalue weighted by Crippen LogP contribution is 2.34. The molecule has 3 aromatic rings. The molecule has 0 N–H and O–H groups in total. The van der Waals surface area contributed by atoms with E-state index in [4.69, 9.17) is 4.74 Å². The average molecular weight is 457 g/mol. The number of nitro benzene ring substituents is 1. The number of esters is 1. The lowest BCUT2D eigenvalue weighted by molar-refractivity contribution is -0.384. The number of hydrogen-bond acceptors (Lipinski definition) is 6. The molecule has 0 atom stereocenters. The maximum absolute atomic E-state index is 12.9. The highest BCUT2D eigenvalue weighted by Gasteiger charge is 2.30. The van der Waals surface area contributed by atoms with E-state index < -0.39 is 10.9 Å². The smallest absolute Gasteiger partial charge is 0.340 e. The number of para-hydroxylation sites is 1. The zero-order chi connectivity index (χ0) is 24.7. The molecule has 0 aromatic heterocycles. The summed E-state index contributed by atoms with van der Waals surface area (Å²) in [4.78, 5) is 37.9. The topological polar surface area (TPSA) is 114 Å². The van der Waals surface area contributed by atoms with E-state index in [1.165, 1.54) is 23.1 Å². The molecule has 172 valence electrons. The molecule has 0 aliphatic carbocycles. The van der Waals surface area contributed by atoms with Crippen molar-refractivity contribution < 1.29 is 19.2 Å². The maximum Gasteiger partial charge on any atom is 0.340 e. The van der Waals surface area contributed by atoms with Crippen molar-refractivity contribution in [3.05, 3.63) is 93.5 Å². The van der Waals surface area contributed by atoms with Gasteiger partial charge in [0, 0.05) is 12.5 Å². The van der Waals surface area contributed by atoms with Crippen molar-refractivity contribution in [1.82, 2.24) is 0 Å². The molecule has 0 heterocycles. The lowest BCUT2D eigenvalue weighted by Gasteiger charge is -2.24. The lowest BCUT2D eigenvalue weighted by Crippen LogP contribution is -2.32. The molecule has 0 aliphatic rings. The Morgan fingerprint density at radius 1 is 1.03 bits per heavy atom. The summed E-state index contributed by atoms with van der Waals surface area (Å²) in [5, 5.41) is 21.1. The van der Waals surface area contributed by atoms with E-state index in [2.05, 4.69) is 6.07 Å². The highest BCUT2D eigenvalue weighted by molar-refractivity contribution is 6.05. The van der Waals surface area contributed by atoms with Crippen LogP contribution in [0.1, 0.15) is 41.8 Å². The first-order valence-electron chi connectivity index (χ1n) is 10.7. The number of amides is 1. The average Bonchev–Trinajstić information content (AvgIpc) is 2.86. The van der Waals surface area contributed by atoms with Crippen LogP contribution in [-0.4, -0.2) is 23.4 Å². The van der Waals surface area contributed by atoms with Gasteiger partial charge in [0.25, 0.3) is 5.69 Å². The molecule has 34 heavy (non-hydrogen) atoms. The van der Waals surface area contributed by atoms with Crippen LogP contribution in [0.4, 0.5) is 11.4 Å². The number of anilines is 1. The van der Waals surface area contributed by atoms with E-state index in [9.17, 15) is 25.0 Å². The van der Waals surface area contributed by atoms with Gasteiger partial charge in [0.05, 0.1) is 35.3 Å². The van der Waals surface area contributed by atoms with E-state index in [0.717, 1.165) is 11.1 Å². The minimum absolute atomic E-state index is 0.0180. The van der Waals surface area contributed by atoms with Crippen LogP contribution in [-0.2, 0) is 16.1 Å². The number of benzene rings is 3. The van der Waals surface area contributed by atoms with Crippen LogP contribution in [0.5, 0.6) is 0 Å². The van der Waals surface area contributed by atoms with E-state index in [-0.39, 0.29) is 42.4 Å². The summed E-state index contributed by atoms with van der Waals surface area (Å²) in [5.74, 6) is -1.11. The molecular formula is C26H23N3O5. The normalized spacial score (nSPS) is 10.3. The molecule has 0 unspecified atom stereocenters. The van der Waals surface area contributed by atoms with Crippen LogP contribution in [0.3, 0.4) is 0 Å². The summed E-state index contributed by atoms with van der Waals surface area (Å²) in [7, 11) is 0. The quantitative estimate of drug-likeness (QED) is 0.259. The Bertz CT molecular complexity index is 1260. The Hall–Kier alpha value is -4.51. The highest BCUT2D eigenvalue weighted by atomic mass is 16.6. The van der Waals surface area contributed by atoms with Gasteiger partial charge in [-0.2, -0.15) is 5.26 Å². The second-order valence-electron chi connectivity index (χ2n) is 7.34. The maximum atomic E-state index is 12.9. The second kappa shape index (κ2) is 10.9. The SMILES string of the molecule is CCOC(=O)c1cccc([N+](=O)[O-])c1N(Cc1ccc(-c2ccccc2C#N)cc1)C(=O)CC.